The molecule has 6 heteroatoms. The van der Waals surface area contributed by atoms with Gasteiger partial charge < -0.3 is 20.1 Å². The van der Waals surface area contributed by atoms with E-state index in [1.807, 2.05) is 54.6 Å². The third-order valence-corrected chi connectivity index (χ3v) is 7.08. The number of halogens is 1. The Morgan fingerprint density at radius 2 is 1.55 bits per heavy atom. The van der Waals surface area contributed by atoms with Crippen LogP contribution in [0.3, 0.4) is 0 Å². The van der Waals surface area contributed by atoms with Crippen molar-refractivity contribution in [1.82, 2.24) is 0 Å². The molecule has 0 spiro atoms. The molecule has 3 aromatic rings. The predicted molar refractivity (Wildman–Crippen MR) is 134 cm³/mol. The highest BCUT2D eigenvalue weighted by Gasteiger charge is 2.37. The van der Waals surface area contributed by atoms with Gasteiger partial charge in [0.15, 0.2) is 17.3 Å². The molecule has 2 unspecified atom stereocenters. The lowest BCUT2D eigenvalue weighted by Crippen LogP contribution is -2.27. The topological polar surface area (TPSA) is 59.6 Å². The Balaban J connectivity index is 1.65. The fraction of sp³-hybridized carbons (Fsp3) is 0.222. The zero-order chi connectivity index (χ0) is 22.9. The number of nitrogens with one attached hydrogen (secondary N) is 2. The molecule has 5 rings (SSSR count). The number of para-hydroxylation sites is 2. The molecule has 0 radical (unpaired) electrons. The molecule has 33 heavy (non-hydrogen) atoms. The van der Waals surface area contributed by atoms with Crippen LogP contribution in [-0.2, 0) is 4.79 Å². The van der Waals surface area contributed by atoms with Gasteiger partial charge in [-0.1, -0.05) is 58.4 Å². The normalized spacial score (nSPS) is 19.5. The van der Waals surface area contributed by atoms with Crippen molar-refractivity contribution >= 4 is 33.1 Å². The number of methoxy groups -OCH3 is 2. The van der Waals surface area contributed by atoms with Crippen molar-refractivity contribution in [3.8, 4) is 11.5 Å². The zero-order valence-corrected chi connectivity index (χ0v) is 20.1. The highest BCUT2D eigenvalue weighted by atomic mass is 79.9. The van der Waals surface area contributed by atoms with Gasteiger partial charge in [-0.15, -0.1) is 0 Å². The number of ketones is 1. The van der Waals surface area contributed by atoms with E-state index in [9.17, 15) is 4.79 Å². The molecule has 1 aliphatic heterocycles. The van der Waals surface area contributed by atoms with Crippen molar-refractivity contribution in [1.29, 1.82) is 0 Å². The number of fused-ring (bicyclic) bond motifs is 1. The van der Waals surface area contributed by atoms with Crippen LogP contribution in [0.5, 0.6) is 11.5 Å². The zero-order valence-electron chi connectivity index (χ0n) is 18.5. The second-order valence-electron chi connectivity index (χ2n) is 8.31. The van der Waals surface area contributed by atoms with Crippen LogP contribution in [0.2, 0.25) is 0 Å². The first-order valence-electron chi connectivity index (χ1n) is 10.9. The van der Waals surface area contributed by atoms with Crippen LogP contribution in [0, 0.1) is 0 Å². The monoisotopic (exact) mass is 504 g/mol. The molecule has 0 fully saturated rings. The molecule has 0 aromatic heterocycles. The summed E-state index contributed by atoms with van der Waals surface area (Å²) >= 11 is 3.71. The van der Waals surface area contributed by atoms with Crippen molar-refractivity contribution in [2.45, 2.75) is 24.8 Å². The van der Waals surface area contributed by atoms with Gasteiger partial charge in [0.1, 0.15) is 0 Å². The quantitative estimate of drug-likeness (QED) is 0.427. The molecule has 3 aromatic carbocycles. The van der Waals surface area contributed by atoms with E-state index in [1.165, 1.54) is 5.56 Å². The van der Waals surface area contributed by atoms with E-state index in [1.54, 1.807) is 14.2 Å². The van der Waals surface area contributed by atoms with E-state index in [0.29, 0.717) is 17.9 Å². The number of Topliss-reactive ketones (excluding diaryl/α,β-unsaturated/α-hetero) is 1. The Kier molecular flexibility index (Phi) is 5.85. The minimum Gasteiger partial charge on any atom is -0.493 e. The maximum atomic E-state index is 13.7. The number of hydrogen-bond donors (Lipinski definition) is 2. The molecule has 0 amide bonds. The number of rotatable bonds is 4. The van der Waals surface area contributed by atoms with Crippen LogP contribution >= 0.6 is 15.9 Å². The summed E-state index contributed by atoms with van der Waals surface area (Å²) in [5.41, 5.74) is 5.75. The van der Waals surface area contributed by atoms with Gasteiger partial charge in [-0.25, -0.2) is 0 Å². The summed E-state index contributed by atoms with van der Waals surface area (Å²) in [6.07, 6.45) is 1.24. The molecule has 2 atom stereocenters. The van der Waals surface area contributed by atoms with Crippen molar-refractivity contribution < 1.29 is 14.3 Å². The lowest BCUT2D eigenvalue weighted by atomic mass is 9.78. The Hall–Kier alpha value is -3.25. The van der Waals surface area contributed by atoms with Crippen molar-refractivity contribution in [3.05, 3.63) is 93.6 Å². The first kappa shape index (κ1) is 21.6. The van der Waals surface area contributed by atoms with Gasteiger partial charge in [-0.2, -0.15) is 0 Å². The molecule has 168 valence electrons. The van der Waals surface area contributed by atoms with E-state index in [0.717, 1.165) is 39.1 Å². The van der Waals surface area contributed by atoms with E-state index >= 15 is 0 Å². The lowest BCUT2D eigenvalue weighted by molar-refractivity contribution is -0.116. The smallest absolute Gasteiger partial charge is 0.163 e. The fourth-order valence-electron chi connectivity index (χ4n) is 4.78. The minimum atomic E-state index is -0.338. The largest absolute Gasteiger partial charge is 0.493 e. The van der Waals surface area contributed by atoms with Gasteiger partial charge in [-0.05, 0) is 47.7 Å². The Bertz CT molecular complexity index is 1240. The predicted octanol–water partition coefficient (Wildman–Crippen LogP) is 6.45. The SMILES string of the molecule is COc1cc(Br)c(C2Nc3ccccc3NC3=C2C(=O)CC(c2ccccc2)C3)cc1OC. The summed E-state index contributed by atoms with van der Waals surface area (Å²) < 4.78 is 11.9. The number of carbonyl (C=O) groups excluding carboxylic acids is 1. The highest BCUT2D eigenvalue weighted by molar-refractivity contribution is 9.10. The summed E-state index contributed by atoms with van der Waals surface area (Å²) in [5.74, 6) is 1.54. The van der Waals surface area contributed by atoms with Crippen LogP contribution in [0.15, 0.2) is 82.5 Å². The first-order chi connectivity index (χ1) is 16.1. The molecule has 2 N–H and O–H groups in total. The van der Waals surface area contributed by atoms with E-state index in [-0.39, 0.29) is 17.7 Å². The van der Waals surface area contributed by atoms with E-state index in [4.69, 9.17) is 9.47 Å². The number of anilines is 2. The number of hydrogen-bond acceptors (Lipinski definition) is 5. The fourth-order valence-corrected chi connectivity index (χ4v) is 5.33. The van der Waals surface area contributed by atoms with E-state index in [2.05, 4.69) is 38.7 Å². The molecule has 0 bridgehead atoms. The second kappa shape index (κ2) is 8.94. The Labute approximate surface area is 201 Å². The number of benzene rings is 3. The molecule has 0 saturated heterocycles. The summed E-state index contributed by atoms with van der Waals surface area (Å²) in [7, 11) is 3.23. The maximum Gasteiger partial charge on any atom is 0.163 e. The van der Waals surface area contributed by atoms with Gasteiger partial charge in [0.05, 0.1) is 31.6 Å². The van der Waals surface area contributed by atoms with Crippen molar-refractivity contribution in [3.63, 3.8) is 0 Å². The average Bonchev–Trinajstić information content (AvgIpc) is 3.01. The molecule has 2 aliphatic rings. The molecule has 1 heterocycles. The van der Waals surface area contributed by atoms with Crippen LogP contribution in [0.4, 0.5) is 11.4 Å². The summed E-state index contributed by atoms with van der Waals surface area (Å²) in [4.78, 5) is 13.7. The van der Waals surface area contributed by atoms with Crippen LogP contribution in [-0.4, -0.2) is 20.0 Å². The van der Waals surface area contributed by atoms with E-state index < -0.39 is 0 Å². The second-order valence-corrected chi connectivity index (χ2v) is 9.16. The van der Waals surface area contributed by atoms with Gasteiger partial charge >= 0.3 is 0 Å². The van der Waals surface area contributed by atoms with Crippen molar-refractivity contribution in [2.75, 3.05) is 24.9 Å². The van der Waals surface area contributed by atoms with Crippen LogP contribution < -0.4 is 20.1 Å². The van der Waals surface area contributed by atoms with Gasteiger partial charge in [0.2, 0.25) is 0 Å². The van der Waals surface area contributed by atoms with Crippen molar-refractivity contribution in [2.24, 2.45) is 0 Å². The summed E-state index contributed by atoms with van der Waals surface area (Å²) in [6.45, 7) is 0. The Morgan fingerprint density at radius 3 is 2.27 bits per heavy atom. The summed E-state index contributed by atoms with van der Waals surface area (Å²) in [6, 6.07) is 21.8. The third kappa shape index (κ3) is 4.00. The lowest BCUT2D eigenvalue weighted by Gasteiger charge is -2.30. The Morgan fingerprint density at radius 1 is 0.879 bits per heavy atom. The minimum absolute atomic E-state index is 0.143. The standard InChI is InChI=1S/C27H25BrN2O3/c1-32-24-14-18(19(28)15-25(24)33-2)27-26-22(29-20-10-6-7-11-21(20)30-27)12-17(13-23(26)31)16-8-4-3-5-9-16/h3-11,14-15,17,27,29-30H,12-13H2,1-2H3. The first-order valence-corrected chi connectivity index (χ1v) is 11.7. The molecule has 5 nitrogen and oxygen atoms in total. The average molecular weight is 505 g/mol. The number of carbonyl (C=O) groups is 1. The molecule has 1 aliphatic carbocycles. The molecular formula is C27H25BrN2O3. The highest BCUT2D eigenvalue weighted by Crippen LogP contribution is 2.47. The number of allylic oxidation sites excluding steroid dienone is 1. The third-order valence-electron chi connectivity index (χ3n) is 6.39. The van der Waals surface area contributed by atoms with Crippen LogP contribution in [0.1, 0.15) is 35.9 Å². The van der Waals surface area contributed by atoms with Gasteiger partial charge in [-0.3, -0.25) is 4.79 Å². The molecular weight excluding hydrogens is 480 g/mol. The van der Waals surface area contributed by atoms with Gasteiger partial charge in [0, 0.05) is 22.2 Å². The van der Waals surface area contributed by atoms with Crippen LogP contribution in [0.25, 0.3) is 0 Å². The molecule has 0 saturated carbocycles. The summed E-state index contributed by atoms with van der Waals surface area (Å²) in [5, 5.41) is 7.21. The van der Waals surface area contributed by atoms with Gasteiger partial charge in [0.25, 0.3) is 0 Å². The number of ether oxygens (including phenoxy) is 2. The maximum absolute atomic E-state index is 13.7.